The number of halogens is 1. The third kappa shape index (κ3) is 2.71. The predicted molar refractivity (Wildman–Crippen MR) is 75.7 cm³/mol. The maximum Gasteiger partial charge on any atom is 0.142 e. The Hall–Kier alpha value is -0.970. The first-order valence-electron chi connectivity index (χ1n) is 6.14. The molecular formula is C13H20ClN3O. The summed E-state index contributed by atoms with van der Waals surface area (Å²) in [6.45, 7) is 3.53. The molecule has 0 amide bonds. The van der Waals surface area contributed by atoms with Gasteiger partial charge in [-0.05, 0) is 25.2 Å². The van der Waals surface area contributed by atoms with E-state index in [4.69, 9.17) is 22.1 Å². The highest BCUT2D eigenvalue weighted by molar-refractivity contribution is 6.30. The van der Waals surface area contributed by atoms with Gasteiger partial charge >= 0.3 is 0 Å². The summed E-state index contributed by atoms with van der Waals surface area (Å²) in [5.41, 5.74) is 6.86. The second-order valence-electron chi connectivity index (χ2n) is 4.63. The van der Waals surface area contributed by atoms with Crippen molar-refractivity contribution in [2.75, 3.05) is 45.2 Å². The Morgan fingerprint density at radius 1 is 1.44 bits per heavy atom. The summed E-state index contributed by atoms with van der Waals surface area (Å²) in [5.74, 6) is 0.861. The molecule has 0 saturated carbocycles. The summed E-state index contributed by atoms with van der Waals surface area (Å²) in [5, 5.41) is 0.731. The zero-order valence-electron chi connectivity index (χ0n) is 10.9. The van der Waals surface area contributed by atoms with Crippen molar-refractivity contribution in [1.29, 1.82) is 0 Å². The van der Waals surface area contributed by atoms with Crippen LogP contribution in [0.15, 0.2) is 18.2 Å². The van der Waals surface area contributed by atoms with Crippen LogP contribution in [0.2, 0.25) is 5.02 Å². The summed E-state index contributed by atoms with van der Waals surface area (Å²) in [4.78, 5) is 4.59. The molecule has 1 unspecified atom stereocenters. The van der Waals surface area contributed by atoms with Crippen LogP contribution in [0.1, 0.15) is 0 Å². The molecule has 1 atom stereocenters. The van der Waals surface area contributed by atoms with Gasteiger partial charge in [-0.15, -0.1) is 0 Å². The first-order valence-corrected chi connectivity index (χ1v) is 6.52. The molecule has 4 nitrogen and oxygen atoms in total. The van der Waals surface area contributed by atoms with Crippen LogP contribution in [0, 0.1) is 0 Å². The van der Waals surface area contributed by atoms with E-state index < -0.39 is 0 Å². The van der Waals surface area contributed by atoms with E-state index in [-0.39, 0.29) is 0 Å². The molecule has 0 aliphatic carbocycles. The lowest BCUT2D eigenvalue weighted by molar-refractivity contribution is 0.223. The minimum atomic E-state index is 0.377. The van der Waals surface area contributed by atoms with Crippen molar-refractivity contribution in [2.24, 2.45) is 5.73 Å². The lowest BCUT2D eigenvalue weighted by Gasteiger charge is -2.40. The van der Waals surface area contributed by atoms with Gasteiger partial charge in [0.05, 0.1) is 12.8 Å². The Labute approximate surface area is 113 Å². The standard InChI is InChI=1S/C13H20ClN3O/c1-16-5-6-17(9-11(16)8-15)12-7-10(14)3-4-13(12)18-2/h3-4,7,11H,5-6,8-9,15H2,1-2H3. The van der Waals surface area contributed by atoms with E-state index in [0.29, 0.717) is 12.6 Å². The van der Waals surface area contributed by atoms with Gasteiger partial charge in [-0.25, -0.2) is 0 Å². The Balaban J connectivity index is 2.23. The fourth-order valence-corrected chi connectivity index (χ4v) is 2.50. The minimum Gasteiger partial charge on any atom is -0.495 e. The summed E-state index contributed by atoms with van der Waals surface area (Å²) in [6.07, 6.45) is 0. The van der Waals surface area contributed by atoms with Gasteiger partial charge in [0.1, 0.15) is 5.75 Å². The molecule has 1 saturated heterocycles. The first kappa shape index (κ1) is 13.5. The summed E-state index contributed by atoms with van der Waals surface area (Å²) >= 11 is 6.07. The molecular weight excluding hydrogens is 250 g/mol. The average molecular weight is 270 g/mol. The smallest absolute Gasteiger partial charge is 0.142 e. The molecule has 2 rings (SSSR count). The number of methoxy groups -OCH3 is 1. The number of hydrogen-bond donors (Lipinski definition) is 1. The summed E-state index contributed by atoms with van der Waals surface area (Å²) in [6, 6.07) is 6.09. The van der Waals surface area contributed by atoms with E-state index in [1.807, 2.05) is 18.2 Å². The van der Waals surface area contributed by atoms with Crippen LogP contribution in [0.5, 0.6) is 5.75 Å². The average Bonchev–Trinajstić information content (AvgIpc) is 2.39. The second kappa shape index (κ2) is 5.78. The monoisotopic (exact) mass is 269 g/mol. The van der Waals surface area contributed by atoms with Gasteiger partial charge < -0.3 is 15.4 Å². The van der Waals surface area contributed by atoms with Crippen LogP contribution in [-0.4, -0.2) is 51.3 Å². The number of anilines is 1. The molecule has 0 bridgehead atoms. The number of piperazine rings is 1. The van der Waals surface area contributed by atoms with Crippen LogP contribution in [0.25, 0.3) is 0 Å². The third-order valence-electron chi connectivity index (χ3n) is 3.53. The number of rotatable bonds is 3. The highest BCUT2D eigenvalue weighted by Gasteiger charge is 2.25. The largest absolute Gasteiger partial charge is 0.495 e. The van der Waals surface area contributed by atoms with Crippen LogP contribution in [-0.2, 0) is 0 Å². The van der Waals surface area contributed by atoms with Gasteiger partial charge in [-0.3, -0.25) is 4.90 Å². The third-order valence-corrected chi connectivity index (χ3v) is 3.77. The van der Waals surface area contributed by atoms with Crippen molar-refractivity contribution >= 4 is 17.3 Å². The number of benzene rings is 1. The van der Waals surface area contributed by atoms with Crippen LogP contribution >= 0.6 is 11.6 Å². The molecule has 1 aliphatic rings. The van der Waals surface area contributed by atoms with E-state index in [1.54, 1.807) is 7.11 Å². The van der Waals surface area contributed by atoms with Crippen molar-refractivity contribution < 1.29 is 4.74 Å². The van der Waals surface area contributed by atoms with Crippen molar-refractivity contribution in [3.05, 3.63) is 23.2 Å². The molecule has 100 valence electrons. The summed E-state index contributed by atoms with van der Waals surface area (Å²) < 4.78 is 5.40. The highest BCUT2D eigenvalue weighted by atomic mass is 35.5. The number of likely N-dealkylation sites (N-methyl/N-ethyl adjacent to an activating group) is 1. The Morgan fingerprint density at radius 2 is 2.22 bits per heavy atom. The van der Waals surface area contributed by atoms with Gasteiger partial charge in [0.15, 0.2) is 0 Å². The van der Waals surface area contributed by atoms with Gasteiger partial charge in [-0.1, -0.05) is 11.6 Å². The van der Waals surface area contributed by atoms with E-state index in [2.05, 4.69) is 16.8 Å². The predicted octanol–water partition coefficient (Wildman–Crippen LogP) is 1.43. The van der Waals surface area contributed by atoms with Crippen molar-refractivity contribution in [3.8, 4) is 5.75 Å². The van der Waals surface area contributed by atoms with Crippen LogP contribution < -0.4 is 15.4 Å². The fraction of sp³-hybridized carbons (Fsp3) is 0.538. The molecule has 2 N–H and O–H groups in total. The molecule has 0 spiro atoms. The Morgan fingerprint density at radius 3 is 2.89 bits per heavy atom. The van der Waals surface area contributed by atoms with Crippen LogP contribution in [0.4, 0.5) is 5.69 Å². The molecule has 1 aromatic rings. The lowest BCUT2D eigenvalue weighted by atomic mass is 10.1. The van der Waals surface area contributed by atoms with Crippen LogP contribution in [0.3, 0.4) is 0 Å². The Kier molecular flexibility index (Phi) is 4.32. The van der Waals surface area contributed by atoms with Crippen molar-refractivity contribution in [2.45, 2.75) is 6.04 Å². The number of ether oxygens (including phenoxy) is 1. The molecule has 1 aliphatic heterocycles. The zero-order valence-corrected chi connectivity index (χ0v) is 11.7. The van der Waals surface area contributed by atoms with E-state index in [9.17, 15) is 0 Å². The minimum absolute atomic E-state index is 0.377. The maximum absolute atomic E-state index is 6.07. The molecule has 0 radical (unpaired) electrons. The molecule has 1 fully saturated rings. The normalized spacial score (nSPS) is 21.1. The van der Waals surface area contributed by atoms with Gasteiger partial charge in [0.2, 0.25) is 0 Å². The molecule has 1 aromatic carbocycles. The van der Waals surface area contributed by atoms with E-state index in [0.717, 1.165) is 36.1 Å². The van der Waals surface area contributed by atoms with Gasteiger partial charge in [0.25, 0.3) is 0 Å². The maximum atomic E-state index is 6.07. The van der Waals surface area contributed by atoms with Crippen molar-refractivity contribution in [3.63, 3.8) is 0 Å². The van der Waals surface area contributed by atoms with E-state index >= 15 is 0 Å². The topological polar surface area (TPSA) is 41.7 Å². The Bertz CT molecular complexity index is 413. The highest BCUT2D eigenvalue weighted by Crippen LogP contribution is 2.32. The molecule has 0 aromatic heterocycles. The molecule has 1 heterocycles. The molecule has 18 heavy (non-hydrogen) atoms. The quantitative estimate of drug-likeness (QED) is 0.901. The second-order valence-corrected chi connectivity index (χ2v) is 5.07. The van der Waals surface area contributed by atoms with Gasteiger partial charge in [0, 0.05) is 37.2 Å². The fourth-order valence-electron chi connectivity index (χ4n) is 2.33. The number of hydrogen-bond acceptors (Lipinski definition) is 4. The van der Waals surface area contributed by atoms with Crippen molar-refractivity contribution in [1.82, 2.24) is 4.90 Å². The van der Waals surface area contributed by atoms with Gasteiger partial charge in [-0.2, -0.15) is 0 Å². The summed E-state index contributed by atoms with van der Waals surface area (Å²) in [7, 11) is 3.80. The number of nitrogens with two attached hydrogens (primary N) is 1. The number of nitrogens with zero attached hydrogens (tertiary/aromatic N) is 2. The van der Waals surface area contributed by atoms with E-state index in [1.165, 1.54) is 0 Å². The first-order chi connectivity index (χ1) is 8.65. The SMILES string of the molecule is COc1ccc(Cl)cc1N1CCN(C)C(CN)C1. The molecule has 5 heteroatoms. The zero-order chi connectivity index (χ0) is 13.1. The lowest BCUT2D eigenvalue weighted by Crippen LogP contribution is -2.54.